The number of hydrogen-bond acceptors (Lipinski definition) is 3. The smallest absolute Gasteiger partial charge is 0.251 e. The van der Waals surface area contributed by atoms with E-state index in [0.717, 1.165) is 19.5 Å². The first-order valence-electron chi connectivity index (χ1n) is 6.50. The van der Waals surface area contributed by atoms with E-state index < -0.39 is 0 Å². The molecule has 0 bridgehead atoms. The number of anilines is 1. The molecule has 112 valence electrons. The van der Waals surface area contributed by atoms with E-state index in [-0.39, 0.29) is 24.2 Å². The van der Waals surface area contributed by atoms with E-state index in [2.05, 4.69) is 22.9 Å². The molecule has 0 aliphatic carbocycles. The maximum atomic E-state index is 11.8. The minimum atomic E-state index is -0.126. The van der Waals surface area contributed by atoms with Crippen molar-refractivity contribution in [3.63, 3.8) is 0 Å². The lowest BCUT2D eigenvalue weighted by atomic mass is 10.2. The molecule has 3 N–H and O–H groups in total. The van der Waals surface area contributed by atoms with Gasteiger partial charge in [0.25, 0.3) is 5.91 Å². The van der Waals surface area contributed by atoms with E-state index in [4.69, 9.17) is 0 Å². The molecule has 0 aliphatic rings. The lowest BCUT2D eigenvalue weighted by Crippen LogP contribution is -2.32. The maximum absolute atomic E-state index is 11.8. The van der Waals surface area contributed by atoms with Crippen molar-refractivity contribution >= 4 is 29.9 Å². The van der Waals surface area contributed by atoms with Gasteiger partial charge in [-0.3, -0.25) is 9.59 Å². The van der Waals surface area contributed by atoms with Gasteiger partial charge in [0.15, 0.2) is 0 Å². The summed E-state index contributed by atoms with van der Waals surface area (Å²) in [6.45, 7) is 5.88. The second-order valence-corrected chi connectivity index (χ2v) is 4.26. The van der Waals surface area contributed by atoms with Crippen LogP contribution in [0.1, 0.15) is 30.6 Å². The molecule has 1 rings (SSSR count). The summed E-state index contributed by atoms with van der Waals surface area (Å²) in [4.78, 5) is 22.6. The zero-order valence-electron chi connectivity index (χ0n) is 11.9. The van der Waals surface area contributed by atoms with Gasteiger partial charge in [-0.2, -0.15) is 0 Å². The molecule has 0 heterocycles. The average molecular weight is 300 g/mol. The number of rotatable bonds is 7. The second-order valence-electron chi connectivity index (χ2n) is 4.26. The van der Waals surface area contributed by atoms with Gasteiger partial charge < -0.3 is 16.0 Å². The highest BCUT2D eigenvalue weighted by Gasteiger charge is 2.04. The Morgan fingerprint density at radius 1 is 1.05 bits per heavy atom. The predicted molar refractivity (Wildman–Crippen MR) is 83.5 cm³/mol. The molecule has 0 unspecified atom stereocenters. The van der Waals surface area contributed by atoms with Crippen molar-refractivity contribution in [1.29, 1.82) is 0 Å². The molecule has 0 atom stereocenters. The van der Waals surface area contributed by atoms with Crippen molar-refractivity contribution < 1.29 is 9.59 Å². The summed E-state index contributed by atoms with van der Waals surface area (Å²) in [5.41, 5.74) is 1.28. The second kappa shape index (κ2) is 10.2. The summed E-state index contributed by atoms with van der Waals surface area (Å²) in [5, 5.41) is 8.70. The van der Waals surface area contributed by atoms with Crippen LogP contribution in [0.2, 0.25) is 0 Å². The first-order valence-corrected chi connectivity index (χ1v) is 6.50. The van der Waals surface area contributed by atoms with E-state index in [1.54, 1.807) is 24.3 Å². The molecule has 6 heteroatoms. The molecular weight excluding hydrogens is 278 g/mol. The molecule has 0 spiro atoms. The standard InChI is InChI=1S/C14H21N3O2.ClH/c1-3-8-15-9-10-16-14(19)12-4-6-13(7-5-12)17-11(2)18;/h4-7,15H,3,8-10H2,1-2H3,(H,16,19)(H,17,18);1H. The lowest BCUT2D eigenvalue weighted by Gasteiger charge is -2.07. The molecule has 1 aromatic carbocycles. The monoisotopic (exact) mass is 299 g/mol. The van der Waals surface area contributed by atoms with E-state index >= 15 is 0 Å². The van der Waals surface area contributed by atoms with Crippen molar-refractivity contribution in [2.24, 2.45) is 0 Å². The van der Waals surface area contributed by atoms with Crippen LogP contribution in [0.15, 0.2) is 24.3 Å². The quantitative estimate of drug-likeness (QED) is 0.672. The van der Waals surface area contributed by atoms with Crippen LogP contribution in [0.25, 0.3) is 0 Å². The van der Waals surface area contributed by atoms with Gasteiger partial charge in [0.05, 0.1) is 0 Å². The Labute approximate surface area is 125 Å². The van der Waals surface area contributed by atoms with Crippen LogP contribution in [0.5, 0.6) is 0 Å². The third-order valence-electron chi connectivity index (χ3n) is 2.48. The molecule has 20 heavy (non-hydrogen) atoms. The van der Waals surface area contributed by atoms with Gasteiger partial charge in [0, 0.05) is 31.3 Å². The number of benzene rings is 1. The molecule has 0 radical (unpaired) electrons. The molecule has 0 aromatic heterocycles. The lowest BCUT2D eigenvalue weighted by molar-refractivity contribution is -0.114. The third kappa shape index (κ3) is 7.11. The van der Waals surface area contributed by atoms with Gasteiger partial charge in [-0.15, -0.1) is 12.4 Å². The molecule has 0 saturated carbocycles. The fraction of sp³-hybridized carbons (Fsp3) is 0.429. The SMILES string of the molecule is CCCNCCNC(=O)c1ccc(NC(C)=O)cc1.Cl. The molecular formula is C14H22ClN3O2. The van der Waals surface area contributed by atoms with Crippen LogP contribution in [0, 0.1) is 0 Å². The highest BCUT2D eigenvalue weighted by Crippen LogP contribution is 2.09. The first kappa shape index (κ1) is 18.4. The van der Waals surface area contributed by atoms with E-state index in [0.29, 0.717) is 17.8 Å². The van der Waals surface area contributed by atoms with E-state index in [1.165, 1.54) is 6.92 Å². The average Bonchev–Trinajstić information content (AvgIpc) is 2.38. The summed E-state index contributed by atoms with van der Waals surface area (Å²) < 4.78 is 0. The first-order chi connectivity index (χ1) is 9.13. The Morgan fingerprint density at radius 2 is 1.70 bits per heavy atom. The van der Waals surface area contributed by atoms with Crippen molar-refractivity contribution in [3.8, 4) is 0 Å². The van der Waals surface area contributed by atoms with Crippen molar-refractivity contribution in [2.75, 3.05) is 25.0 Å². The Bertz CT molecular complexity index is 421. The highest BCUT2D eigenvalue weighted by molar-refractivity contribution is 5.95. The summed E-state index contributed by atoms with van der Waals surface area (Å²) in [6, 6.07) is 6.82. The summed E-state index contributed by atoms with van der Waals surface area (Å²) in [5.74, 6) is -0.230. The van der Waals surface area contributed by atoms with Crippen LogP contribution in [-0.2, 0) is 4.79 Å². The zero-order chi connectivity index (χ0) is 14.1. The summed E-state index contributed by atoms with van der Waals surface area (Å²) in [7, 11) is 0. The van der Waals surface area contributed by atoms with Crippen LogP contribution < -0.4 is 16.0 Å². The van der Waals surface area contributed by atoms with E-state index in [1.807, 2.05) is 0 Å². The summed E-state index contributed by atoms with van der Waals surface area (Å²) >= 11 is 0. The minimum absolute atomic E-state index is 0. The van der Waals surface area contributed by atoms with Crippen LogP contribution in [0.4, 0.5) is 5.69 Å². The number of carbonyl (C=O) groups excluding carboxylic acids is 2. The van der Waals surface area contributed by atoms with Gasteiger partial charge in [-0.1, -0.05) is 6.92 Å². The fourth-order valence-electron chi connectivity index (χ4n) is 1.58. The molecule has 0 aliphatic heterocycles. The molecule has 1 aromatic rings. The normalized spacial score (nSPS) is 9.50. The predicted octanol–water partition coefficient (Wildman–Crippen LogP) is 1.80. The number of halogens is 1. The molecule has 0 fully saturated rings. The maximum Gasteiger partial charge on any atom is 0.251 e. The number of nitrogens with one attached hydrogen (secondary N) is 3. The summed E-state index contributed by atoms with van der Waals surface area (Å²) in [6.07, 6.45) is 1.08. The Balaban J connectivity index is 0.00000361. The fourth-order valence-corrected chi connectivity index (χ4v) is 1.58. The van der Waals surface area contributed by atoms with Crippen LogP contribution in [0.3, 0.4) is 0 Å². The van der Waals surface area contributed by atoms with Crippen molar-refractivity contribution in [3.05, 3.63) is 29.8 Å². The molecule has 2 amide bonds. The third-order valence-corrected chi connectivity index (χ3v) is 2.48. The van der Waals surface area contributed by atoms with Crippen molar-refractivity contribution in [1.82, 2.24) is 10.6 Å². The topological polar surface area (TPSA) is 70.2 Å². The Hall–Kier alpha value is -1.59. The van der Waals surface area contributed by atoms with Gasteiger partial charge in [0.1, 0.15) is 0 Å². The van der Waals surface area contributed by atoms with Crippen LogP contribution in [-0.4, -0.2) is 31.4 Å². The van der Waals surface area contributed by atoms with Crippen LogP contribution >= 0.6 is 12.4 Å². The van der Waals surface area contributed by atoms with Gasteiger partial charge in [0.2, 0.25) is 5.91 Å². The van der Waals surface area contributed by atoms with Gasteiger partial charge in [-0.05, 0) is 37.2 Å². The largest absolute Gasteiger partial charge is 0.351 e. The van der Waals surface area contributed by atoms with Gasteiger partial charge >= 0.3 is 0 Å². The highest BCUT2D eigenvalue weighted by atomic mass is 35.5. The Kier molecular flexibility index (Phi) is 9.41. The minimum Gasteiger partial charge on any atom is -0.351 e. The number of carbonyl (C=O) groups is 2. The number of amides is 2. The van der Waals surface area contributed by atoms with Crippen molar-refractivity contribution in [2.45, 2.75) is 20.3 Å². The van der Waals surface area contributed by atoms with E-state index in [9.17, 15) is 9.59 Å². The number of hydrogen-bond donors (Lipinski definition) is 3. The molecule has 0 saturated heterocycles. The van der Waals surface area contributed by atoms with Gasteiger partial charge in [-0.25, -0.2) is 0 Å². The Morgan fingerprint density at radius 3 is 2.25 bits per heavy atom. The molecule has 5 nitrogen and oxygen atoms in total. The zero-order valence-corrected chi connectivity index (χ0v) is 12.7.